The highest BCUT2D eigenvalue weighted by Gasteiger charge is 2.30. The predicted molar refractivity (Wildman–Crippen MR) is 110 cm³/mol. The van der Waals surface area contributed by atoms with Crippen molar-refractivity contribution < 1.29 is 0 Å². The molecule has 0 heterocycles. The first kappa shape index (κ1) is 19.0. The Morgan fingerprint density at radius 2 is 1.36 bits per heavy atom. The molecule has 2 fully saturated rings. The normalized spacial score (nSPS) is 30.6. The van der Waals surface area contributed by atoms with Crippen LogP contribution in [0.1, 0.15) is 100 Å². The number of hydrogen-bond donors (Lipinski definition) is 0. The highest BCUT2D eigenvalue weighted by atomic mass is 14.4. The Morgan fingerprint density at radius 1 is 0.800 bits per heavy atom. The number of benzene rings is 1. The van der Waals surface area contributed by atoms with Crippen molar-refractivity contribution in [2.45, 2.75) is 98.3 Å². The molecule has 1 aromatic carbocycles. The van der Waals surface area contributed by atoms with E-state index in [0.717, 1.165) is 23.7 Å². The third-order valence-corrected chi connectivity index (χ3v) is 7.69. The van der Waals surface area contributed by atoms with Gasteiger partial charge in [0.2, 0.25) is 0 Å². The van der Waals surface area contributed by atoms with Gasteiger partial charge in [-0.15, -0.1) is 0 Å². The van der Waals surface area contributed by atoms with E-state index in [-0.39, 0.29) is 0 Å². The summed E-state index contributed by atoms with van der Waals surface area (Å²) in [5.41, 5.74) is 6.26. The standard InChI is InChI=1S/C25H40/c1-17(2)25-15-14-24(19(4)20(25)5)16-21-8-12-23(13-9-21)22-10-6-18(3)7-11-22/h14-15,17-18,21-23H,6-13,16H2,1-5H3. The van der Waals surface area contributed by atoms with Crippen molar-refractivity contribution in [3.05, 3.63) is 34.4 Å². The third kappa shape index (κ3) is 4.50. The second kappa shape index (κ2) is 8.28. The minimum absolute atomic E-state index is 0.640. The molecule has 0 bridgehead atoms. The second-order valence-corrected chi connectivity index (χ2v) is 9.72. The Balaban J connectivity index is 1.55. The average molecular weight is 341 g/mol. The van der Waals surface area contributed by atoms with E-state index in [9.17, 15) is 0 Å². The molecule has 3 rings (SSSR count). The van der Waals surface area contributed by atoms with Crippen LogP contribution in [0.25, 0.3) is 0 Å². The average Bonchev–Trinajstić information content (AvgIpc) is 2.60. The fraction of sp³-hybridized carbons (Fsp3) is 0.760. The summed E-state index contributed by atoms with van der Waals surface area (Å²) in [6.45, 7) is 11.8. The maximum atomic E-state index is 2.45. The summed E-state index contributed by atoms with van der Waals surface area (Å²) in [6.07, 6.45) is 13.3. The largest absolute Gasteiger partial charge is 0.0625 e. The molecule has 0 amide bonds. The molecule has 0 radical (unpaired) electrons. The van der Waals surface area contributed by atoms with Crippen molar-refractivity contribution in [1.29, 1.82) is 0 Å². The molecule has 0 unspecified atom stereocenters. The molecule has 2 aliphatic rings. The molecule has 0 saturated heterocycles. The van der Waals surface area contributed by atoms with Crippen LogP contribution in [0.15, 0.2) is 12.1 Å². The topological polar surface area (TPSA) is 0 Å². The van der Waals surface area contributed by atoms with Crippen molar-refractivity contribution in [3.63, 3.8) is 0 Å². The lowest BCUT2D eigenvalue weighted by atomic mass is 9.68. The Morgan fingerprint density at radius 3 is 1.92 bits per heavy atom. The Hall–Kier alpha value is -0.780. The summed E-state index contributed by atoms with van der Waals surface area (Å²) in [6, 6.07) is 4.84. The molecule has 1 aromatic rings. The van der Waals surface area contributed by atoms with Crippen LogP contribution in [0.2, 0.25) is 0 Å². The molecular formula is C25H40. The van der Waals surface area contributed by atoms with Crippen LogP contribution < -0.4 is 0 Å². The molecule has 0 atom stereocenters. The van der Waals surface area contributed by atoms with Crippen molar-refractivity contribution >= 4 is 0 Å². The zero-order valence-electron chi connectivity index (χ0n) is 17.4. The molecule has 0 aliphatic heterocycles. The van der Waals surface area contributed by atoms with Crippen LogP contribution in [0, 0.1) is 37.5 Å². The maximum absolute atomic E-state index is 2.45. The fourth-order valence-electron chi connectivity index (χ4n) is 5.68. The van der Waals surface area contributed by atoms with Gasteiger partial charge >= 0.3 is 0 Å². The fourth-order valence-corrected chi connectivity index (χ4v) is 5.68. The van der Waals surface area contributed by atoms with Gasteiger partial charge in [0.05, 0.1) is 0 Å². The Kier molecular flexibility index (Phi) is 6.29. The second-order valence-electron chi connectivity index (χ2n) is 9.72. The summed E-state index contributed by atoms with van der Waals surface area (Å²) in [5, 5.41) is 0. The van der Waals surface area contributed by atoms with Gasteiger partial charge in [0.1, 0.15) is 0 Å². The highest BCUT2D eigenvalue weighted by Crippen LogP contribution is 2.42. The van der Waals surface area contributed by atoms with Crippen LogP contribution in [0.3, 0.4) is 0 Å². The van der Waals surface area contributed by atoms with E-state index in [0.29, 0.717) is 5.92 Å². The van der Waals surface area contributed by atoms with Gasteiger partial charge in [-0.1, -0.05) is 45.7 Å². The summed E-state index contributed by atoms with van der Waals surface area (Å²) in [7, 11) is 0. The summed E-state index contributed by atoms with van der Waals surface area (Å²) < 4.78 is 0. The van der Waals surface area contributed by atoms with E-state index in [1.165, 1.54) is 68.9 Å². The van der Waals surface area contributed by atoms with Gasteiger partial charge in [0, 0.05) is 0 Å². The Bertz CT molecular complexity index is 552. The van der Waals surface area contributed by atoms with Gasteiger partial charge in [-0.2, -0.15) is 0 Å². The number of rotatable bonds is 4. The molecule has 0 nitrogen and oxygen atoms in total. The van der Waals surface area contributed by atoms with Crippen LogP contribution in [0.4, 0.5) is 0 Å². The zero-order chi connectivity index (χ0) is 18.0. The van der Waals surface area contributed by atoms with E-state index in [1.807, 2.05) is 0 Å². The van der Waals surface area contributed by atoms with Gasteiger partial charge in [-0.25, -0.2) is 0 Å². The van der Waals surface area contributed by atoms with E-state index in [4.69, 9.17) is 0 Å². The molecule has 25 heavy (non-hydrogen) atoms. The first-order chi connectivity index (χ1) is 12.0. The quantitative estimate of drug-likeness (QED) is 0.529. The van der Waals surface area contributed by atoms with Crippen LogP contribution in [-0.4, -0.2) is 0 Å². The van der Waals surface area contributed by atoms with Crippen molar-refractivity contribution in [3.8, 4) is 0 Å². The Labute approximate surface area is 156 Å². The molecule has 0 aromatic heterocycles. The third-order valence-electron chi connectivity index (χ3n) is 7.69. The lowest BCUT2D eigenvalue weighted by molar-refractivity contribution is 0.150. The lowest BCUT2D eigenvalue weighted by Crippen LogP contribution is -2.26. The van der Waals surface area contributed by atoms with E-state index >= 15 is 0 Å². The molecule has 0 N–H and O–H groups in total. The highest BCUT2D eigenvalue weighted by molar-refractivity contribution is 5.41. The first-order valence-corrected chi connectivity index (χ1v) is 11.0. The van der Waals surface area contributed by atoms with Gasteiger partial charge in [0.15, 0.2) is 0 Å². The maximum Gasteiger partial charge on any atom is -0.0216 e. The molecule has 140 valence electrons. The minimum Gasteiger partial charge on any atom is -0.0625 e. The molecular weight excluding hydrogens is 300 g/mol. The zero-order valence-corrected chi connectivity index (χ0v) is 17.4. The smallest absolute Gasteiger partial charge is 0.0216 e. The predicted octanol–water partition coefficient (Wildman–Crippen LogP) is 7.60. The summed E-state index contributed by atoms with van der Waals surface area (Å²) >= 11 is 0. The molecule has 0 spiro atoms. The van der Waals surface area contributed by atoms with Crippen LogP contribution in [-0.2, 0) is 6.42 Å². The molecule has 0 heteroatoms. The van der Waals surface area contributed by atoms with Gasteiger partial charge in [-0.3, -0.25) is 0 Å². The monoisotopic (exact) mass is 340 g/mol. The van der Waals surface area contributed by atoms with Gasteiger partial charge < -0.3 is 0 Å². The van der Waals surface area contributed by atoms with Crippen LogP contribution >= 0.6 is 0 Å². The van der Waals surface area contributed by atoms with Crippen LogP contribution in [0.5, 0.6) is 0 Å². The van der Waals surface area contributed by atoms with E-state index < -0.39 is 0 Å². The van der Waals surface area contributed by atoms with Crippen molar-refractivity contribution in [1.82, 2.24) is 0 Å². The summed E-state index contributed by atoms with van der Waals surface area (Å²) in [4.78, 5) is 0. The SMILES string of the molecule is Cc1c(CC2CCC(C3CCC(C)CC3)CC2)ccc(C(C)C)c1C. The summed E-state index contributed by atoms with van der Waals surface area (Å²) in [5.74, 6) is 4.68. The number of hydrogen-bond acceptors (Lipinski definition) is 0. The van der Waals surface area contributed by atoms with Gasteiger partial charge in [-0.05, 0) is 111 Å². The minimum atomic E-state index is 0.640. The molecule has 2 saturated carbocycles. The van der Waals surface area contributed by atoms with Crippen molar-refractivity contribution in [2.75, 3.05) is 0 Å². The van der Waals surface area contributed by atoms with E-state index in [2.05, 4.69) is 46.8 Å². The van der Waals surface area contributed by atoms with Gasteiger partial charge in [0.25, 0.3) is 0 Å². The van der Waals surface area contributed by atoms with E-state index in [1.54, 1.807) is 11.1 Å². The lowest BCUT2D eigenvalue weighted by Gasteiger charge is -2.37. The molecule has 2 aliphatic carbocycles. The first-order valence-electron chi connectivity index (χ1n) is 11.0. The van der Waals surface area contributed by atoms with Crippen molar-refractivity contribution in [2.24, 2.45) is 23.7 Å².